The summed E-state index contributed by atoms with van der Waals surface area (Å²) < 4.78 is 18.2. The Hall–Kier alpha value is -2.43. The summed E-state index contributed by atoms with van der Waals surface area (Å²) in [6.07, 6.45) is 1.44. The highest BCUT2D eigenvalue weighted by Crippen LogP contribution is 2.12. The molecule has 0 saturated heterocycles. The summed E-state index contributed by atoms with van der Waals surface area (Å²) in [6.45, 7) is -0.151. The Labute approximate surface area is 103 Å². The number of ether oxygens (including phenoxy) is 1. The van der Waals surface area contributed by atoms with Gasteiger partial charge in [-0.1, -0.05) is 18.2 Å². The Morgan fingerprint density at radius 3 is 2.78 bits per heavy atom. The predicted molar refractivity (Wildman–Crippen MR) is 64.2 cm³/mol. The van der Waals surface area contributed by atoms with Crippen LogP contribution in [0.4, 0.5) is 10.1 Å². The number of anilines is 1. The number of esters is 1. The van der Waals surface area contributed by atoms with Crippen molar-refractivity contribution in [3.8, 4) is 0 Å². The highest BCUT2D eigenvalue weighted by atomic mass is 19.1. The molecule has 0 aliphatic carbocycles. The topological polar surface area (TPSA) is 65.2 Å². The molecule has 0 aliphatic rings. The molecule has 2 aromatic rings. The fourth-order valence-electron chi connectivity index (χ4n) is 1.42. The average molecular weight is 246 g/mol. The summed E-state index contributed by atoms with van der Waals surface area (Å²) in [5.74, 6) is -1.09. The fraction of sp³-hybridized carbons (Fsp3) is 0.0769. The zero-order chi connectivity index (χ0) is 13.0. The first-order valence-corrected chi connectivity index (χ1v) is 5.29. The molecule has 5 heteroatoms. The van der Waals surface area contributed by atoms with Crippen molar-refractivity contribution in [3.05, 3.63) is 59.7 Å². The molecule has 1 aromatic heterocycles. The van der Waals surface area contributed by atoms with Crippen molar-refractivity contribution in [2.24, 2.45) is 0 Å². The number of carbonyl (C=O) groups is 1. The Morgan fingerprint density at radius 2 is 2.06 bits per heavy atom. The first kappa shape index (κ1) is 12.0. The van der Waals surface area contributed by atoms with Gasteiger partial charge in [0.2, 0.25) is 0 Å². The van der Waals surface area contributed by atoms with E-state index < -0.39 is 11.8 Å². The van der Waals surface area contributed by atoms with E-state index in [1.807, 2.05) is 0 Å². The number of pyridine rings is 1. The van der Waals surface area contributed by atoms with Crippen LogP contribution in [0, 0.1) is 5.82 Å². The molecule has 1 aromatic carbocycles. The molecule has 0 amide bonds. The van der Waals surface area contributed by atoms with Crippen LogP contribution in [0.2, 0.25) is 0 Å². The summed E-state index contributed by atoms with van der Waals surface area (Å²) in [7, 11) is 0. The number of hydrogen-bond donors (Lipinski definition) is 1. The molecule has 2 N–H and O–H groups in total. The van der Waals surface area contributed by atoms with Crippen LogP contribution >= 0.6 is 0 Å². The van der Waals surface area contributed by atoms with Crippen molar-refractivity contribution in [3.63, 3.8) is 0 Å². The van der Waals surface area contributed by atoms with Crippen LogP contribution in [0.1, 0.15) is 16.1 Å². The zero-order valence-corrected chi connectivity index (χ0v) is 9.47. The molecule has 0 spiro atoms. The molecule has 0 radical (unpaired) electrons. The van der Waals surface area contributed by atoms with Crippen LogP contribution in [-0.2, 0) is 11.3 Å². The van der Waals surface area contributed by atoms with Gasteiger partial charge in [0, 0.05) is 11.8 Å². The minimum Gasteiger partial charge on any atom is -0.456 e. The molecule has 18 heavy (non-hydrogen) atoms. The van der Waals surface area contributed by atoms with Crippen LogP contribution in [0.15, 0.2) is 42.6 Å². The molecule has 0 saturated carbocycles. The maximum Gasteiger partial charge on any atom is 0.359 e. The van der Waals surface area contributed by atoms with Gasteiger partial charge in [-0.05, 0) is 18.2 Å². The number of nitrogen functional groups attached to an aromatic ring is 1. The Bertz CT molecular complexity index is 572. The number of nitrogens with two attached hydrogens (primary N) is 1. The second-order valence-electron chi connectivity index (χ2n) is 3.61. The third-order valence-electron chi connectivity index (χ3n) is 2.35. The van der Waals surface area contributed by atoms with Crippen molar-refractivity contribution in [2.45, 2.75) is 6.61 Å². The van der Waals surface area contributed by atoms with E-state index in [9.17, 15) is 9.18 Å². The Balaban J connectivity index is 2.06. The van der Waals surface area contributed by atoms with E-state index in [4.69, 9.17) is 10.5 Å². The number of nitrogens with zero attached hydrogens (tertiary/aromatic N) is 1. The van der Waals surface area contributed by atoms with Gasteiger partial charge in [0.1, 0.15) is 12.4 Å². The maximum absolute atomic E-state index is 13.3. The lowest BCUT2D eigenvalue weighted by Gasteiger charge is -2.06. The Kier molecular flexibility index (Phi) is 3.52. The van der Waals surface area contributed by atoms with Gasteiger partial charge in [0.25, 0.3) is 0 Å². The maximum atomic E-state index is 13.3. The summed E-state index contributed by atoms with van der Waals surface area (Å²) in [5.41, 5.74) is 6.16. The molecule has 92 valence electrons. The van der Waals surface area contributed by atoms with Gasteiger partial charge >= 0.3 is 5.97 Å². The molecular formula is C13H11FN2O2. The SMILES string of the molecule is Nc1cccnc1C(=O)OCc1ccccc1F. The van der Waals surface area contributed by atoms with Crippen molar-refractivity contribution in [1.82, 2.24) is 4.98 Å². The monoisotopic (exact) mass is 246 g/mol. The number of rotatable bonds is 3. The van der Waals surface area contributed by atoms with Gasteiger partial charge < -0.3 is 10.5 Å². The molecule has 1 heterocycles. The van der Waals surface area contributed by atoms with Gasteiger partial charge in [-0.2, -0.15) is 0 Å². The van der Waals surface area contributed by atoms with E-state index in [0.29, 0.717) is 5.56 Å². The fourth-order valence-corrected chi connectivity index (χ4v) is 1.42. The third kappa shape index (κ3) is 2.63. The van der Waals surface area contributed by atoms with Crippen molar-refractivity contribution in [2.75, 3.05) is 5.73 Å². The summed E-state index contributed by atoms with van der Waals surface area (Å²) in [6, 6.07) is 9.25. The second kappa shape index (κ2) is 5.27. The first-order chi connectivity index (χ1) is 8.68. The van der Waals surface area contributed by atoms with Gasteiger partial charge in [0.05, 0.1) is 5.69 Å². The Morgan fingerprint density at radius 1 is 1.28 bits per heavy atom. The van der Waals surface area contributed by atoms with Gasteiger partial charge in [0.15, 0.2) is 5.69 Å². The van der Waals surface area contributed by atoms with Gasteiger partial charge in [-0.15, -0.1) is 0 Å². The van der Waals surface area contributed by atoms with Crippen LogP contribution < -0.4 is 5.73 Å². The van der Waals surface area contributed by atoms with E-state index in [1.54, 1.807) is 30.3 Å². The molecule has 0 unspecified atom stereocenters. The van der Waals surface area contributed by atoms with Crippen molar-refractivity contribution in [1.29, 1.82) is 0 Å². The largest absolute Gasteiger partial charge is 0.456 e. The first-order valence-electron chi connectivity index (χ1n) is 5.29. The lowest BCUT2D eigenvalue weighted by Crippen LogP contribution is -2.10. The highest BCUT2D eigenvalue weighted by Gasteiger charge is 2.13. The molecule has 0 bridgehead atoms. The molecule has 0 fully saturated rings. The van der Waals surface area contributed by atoms with E-state index >= 15 is 0 Å². The zero-order valence-electron chi connectivity index (χ0n) is 9.47. The number of aromatic nitrogens is 1. The van der Waals surface area contributed by atoms with Crippen LogP contribution in [0.3, 0.4) is 0 Å². The number of hydrogen-bond acceptors (Lipinski definition) is 4. The minimum atomic E-state index is -0.670. The minimum absolute atomic E-state index is 0.0360. The van der Waals surface area contributed by atoms with Crippen molar-refractivity contribution >= 4 is 11.7 Å². The second-order valence-corrected chi connectivity index (χ2v) is 3.61. The molecule has 2 rings (SSSR count). The smallest absolute Gasteiger partial charge is 0.359 e. The normalized spacial score (nSPS) is 10.1. The predicted octanol–water partition coefficient (Wildman–Crippen LogP) is 2.16. The summed E-state index contributed by atoms with van der Waals surface area (Å²) >= 11 is 0. The lowest BCUT2D eigenvalue weighted by molar-refractivity contribution is 0.0463. The number of benzene rings is 1. The molecular weight excluding hydrogens is 235 g/mol. The lowest BCUT2D eigenvalue weighted by atomic mass is 10.2. The quantitative estimate of drug-likeness (QED) is 0.843. The van der Waals surface area contributed by atoms with Gasteiger partial charge in [-0.3, -0.25) is 0 Å². The standard InChI is InChI=1S/C13H11FN2O2/c14-10-5-2-1-4-9(10)8-18-13(17)12-11(15)6-3-7-16-12/h1-7H,8,15H2. The van der Waals surface area contributed by atoms with E-state index in [2.05, 4.69) is 4.98 Å². The number of carbonyl (C=O) groups excluding carboxylic acids is 1. The summed E-state index contributed by atoms with van der Waals surface area (Å²) in [4.78, 5) is 15.5. The van der Waals surface area contributed by atoms with Crippen LogP contribution in [-0.4, -0.2) is 11.0 Å². The van der Waals surface area contributed by atoms with Crippen molar-refractivity contribution < 1.29 is 13.9 Å². The van der Waals surface area contributed by atoms with Crippen LogP contribution in [0.5, 0.6) is 0 Å². The summed E-state index contributed by atoms with van der Waals surface area (Å²) in [5, 5.41) is 0. The van der Waals surface area contributed by atoms with Gasteiger partial charge in [-0.25, -0.2) is 14.2 Å². The van der Waals surface area contributed by atoms with E-state index in [-0.39, 0.29) is 18.0 Å². The highest BCUT2D eigenvalue weighted by molar-refractivity contribution is 5.92. The van der Waals surface area contributed by atoms with E-state index in [1.165, 1.54) is 12.3 Å². The molecule has 0 atom stereocenters. The van der Waals surface area contributed by atoms with E-state index in [0.717, 1.165) is 0 Å². The average Bonchev–Trinajstić information content (AvgIpc) is 2.38. The molecule has 0 aliphatic heterocycles. The third-order valence-corrected chi connectivity index (χ3v) is 2.35. The van der Waals surface area contributed by atoms with Crippen LogP contribution in [0.25, 0.3) is 0 Å². The number of halogens is 1. The molecule has 4 nitrogen and oxygen atoms in total.